The van der Waals surface area contributed by atoms with Crippen LogP contribution in [-0.2, 0) is 9.53 Å². The molecule has 4 nitrogen and oxygen atoms in total. The highest BCUT2D eigenvalue weighted by atomic mass is 16.5. The maximum Gasteiger partial charge on any atom is 0.250 e. The molecule has 1 aromatic rings. The third-order valence-electron chi connectivity index (χ3n) is 2.53. The SMILES string of the molecule is CCN(CC)c1cccc(NC(=O)COC)c1. The van der Waals surface area contributed by atoms with Crippen LogP contribution in [0.25, 0.3) is 0 Å². The quantitative estimate of drug-likeness (QED) is 0.822. The predicted molar refractivity (Wildman–Crippen MR) is 70.5 cm³/mol. The second-order valence-corrected chi connectivity index (χ2v) is 3.70. The van der Waals surface area contributed by atoms with E-state index < -0.39 is 0 Å². The molecule has 94 valence electrons. The van der Waals surface area contributed by atoms with Crippen LogP contribution in [0.5, 0.6) is 0 Å². The monoisotopic (exact) mass is 236 g/mol. The summed E-state index contributed by atoms with van der Waals surface area (Å²) >= 11 is 0. The van der Waals surface area contributed by atoms with E-state index in [1.807, 2.05) is 24.3 Å². The molecule has 1 aromatic carbocycles. The number of rotatable bonds is 6. The number of ether oxygens (including phenoxy) is 1. The van der Waals surface area contributed by atoms with Crippen LogP contribution in [0.2, 0.25) is 0 Å². The molecule has 0 atom stereocenters. The maximum absolute atomic E-state index is 11.4. The molecule has 0 fully saturated rings. The molecular formula is C13H20N2O2. The minimum atomic E-state index is -0.135. The Morgan fingerprint density at radius 3 is 2.65 bits per heavy atom. The van der Waals surface area contributed by atoms with Gasteiger partial charge in [0.15, 0.2) is 0 Å². The smallest absolute Gasteiger partial charge is 0.250 e. The number of nitrogens with one attached hydrogen (secondary N) is 1. The molecule has 0 bridgehead atoms. The molecule has 0 heterocycles. The molecule has 4 heteroatoms. The minimum absolute atomic E-state index is 0.0789. The zero-order chi connectivity index (χ0) is 12.7. The number of nitrogens with zero attached hydrogens (tertiary/aromatic N) is 1. The predicted octanol–water partition coefficient (Wildman–Crippen LogP) is 2.12. The topological polar surface area (TPSA) is 41.6 Å². The number of carbonyl (C=O) groups excluding carboxylic acids is 1. The van der Waals surface area contributed by atoms with Crippen molar-refractivity contribution in [1.29, 1.82) is 0 Å². The maximum atomic E-state index is 11.4. The molecular weight excluding hydrogens is 216 g/mol. The largest absolute Gasteiger partial charge is 0.375 e. The normalized spacial score (nSPS) is 10.1. The number of amides is 1. The Balaban J connectivity index is 2.75. The first kappa shape index (κ1) is 13.5. The van der Waals surface area contributed by atoms with Crippen LogP contribution in [0.3, 0.4) is 0 Å². The number of hydrogen-bond donors (Lipinski definition) is 1. The van der Waals surface area contributed by atoms with Gasteiger partial charge in [0.1, 0.15) is 6.61 Å². The van der Waals surface area contributed by atoms with Crippen molar-refractivity contribution < 1.29 is 9.53 Å². The van der Waals surface area contributed by atoms with Gasteiger partial charge in [0.25, 0.3) is 0 Å². The lowest BCUT2D eigenvalue weighted by Crippen LogP contribution is -2.22. The summed E-state index contributed by atoms with van der Waals surface area (Å²) in [5, 5.41) is 2.80. The van der Waals surface area contributed by atoms with Gasteiger partial charge >= 0.3 is 0 Å². The van der Waals surface area contributed by atoms with Crippen LogP contribution in [0.1, 0.15) is 13.8 Å². The van der Waals surface area contributed by atoms with E-state index in [0.29, 0.717) is 0 Å². The van der Waals surface area contributed by atoms with E-state index in [1.165, 1.54) is 7.11 Å². The molecule has 0 saturated carbocycles. The van der Waals surface area contributed by atoms with E-state index in [1.54, 1.807) is 0 Å². The van der Waals surface area contributed by atoms with Crippen molar-refractivity contribution in [1.82, 2.24) is 0 Å². The first-order chi connectivity index (χ1) is 8.21. The Kier molecular flexibility index (Phi) is 5.49. The van der Waals surface area contributed by atoms with Crippen LogP contribution in [0, 0.1) is 0 Å². The van der Waals surface area contributed by atoms with E-state index in [-0.39, 0.29) is 12.5 Å². The molecule has 0 aliphatic heterocycles. The van der Waals surface area contributed by atoms with Gasteiger partial charge in [-0.25, -0.2) is 0 Å². The average molecular weight is 236 g/mol. The first-order valence-electron chi connectivity index (χ1n) is 5.85. The van der Waals surface area contributed by atoms with Crippen LogP contribution >= 0.6 is 0 Å². The number of benzene rings is 1. The summed E-state index contributed by atoms with van der Waals surface area (Å²) < 4.78 is 4.77. The van der Waals surface area contributed by atoms with Gasteiger partial charge in [0.05, 0.1) is 0 Å². The summed E-state index contributed by atoms with van der Waals surface area (Å²) in [4.78, 5) is 13.6. The van der Waals surface area contributed by atoms with Gasteiger partial charge in [-0.3, -0.25) is 4.79 Å². The summed E-state index contributed by atoms with van der Waals surface area (Å²) in [5.41, 5.74) is 1.92. The highest BCUT2D eigenvalue weighted by Gasteiger charge is 2.05. The van der Waals surface area contributed by atoms with Gasteiger partial charge in [-0.1, -0.05) is 6.07 Å². The molecule has 0 unspecified atom stereocenters. The Bertz CT molecular complexity index is 362. The number of carbonyl (C=O) groups is 1. The highest BCUT2D eigenvalue weighted by Crippen LogP contribution is 2.19. The summed E-state index contributed by atoms with van der Waals surface area (Å²) in [7, 11) is 1.51. The molecule has 0 aromatic heterocycles. The fraction of sp³-hybridized carbons (Fsp3) is 0.462. The van der Waals surface area contributed by atoms with Crippen molar-refractivity contribution in [3.8, 4) is 0 Å². The lowest BCUT2D eigenvalue weighted by molar-refractivity contribution is -0.119. The van der Waals surface area contributed by atoms with Gasteiger partial charge in [0, 0.05) is 31.6 Å². The van der Waals surface area contributed by atoms with Crippen molar-refractivity contribution in [2.45, 2.75) is 13.8 Å². The second kappa shape index (κ2) is 6.91. The first-order valence-corrected chi connectivity index (χ1v) is 5.85. The third-order valence-corrected chi connectivity index (χ3v) is 2.53. The third kappa shape index (κ3) is 4.07. The van der Waals surface area contributed by atoms with Crippen LogP contribution in [-0.4, -0.2) is 32.7 Å². The lowest BCUT2D eigenvalue weighted by Gasteiger charge is -2.21. The lowest BCUT2D eigenvalue weighted by atomic mass is 10.2. The average Bonchev–Trinajstić information content (AvgIpc) is 2.31. The van der Waals surface area contributed by atoms with Gasteiger partial charge in [-0.05, 0) is 32.0 Å². The molecule has 0 radical (unpaired) electrons. The molecule has 1 rings (SSSR count). The van der Waals surface area contributed by atoms with E-state index in [0.717, 1.165) is 24.5 Å². The molecule has 0 aliphatic carbocycles. The molecule has 1 amide bonds. The highest BCUT2D eigenvalue weighted by molar-refractivity contribution is 5.92. The van der Waals surface area contributed by atoms with Gasteiger partial charge in [0.2, 0.25) is 5.91 Å². The van der Waals surface area contributed by atoms with Gasteiger partial charge in [-0.2, -0.15) is 0 Å². The van der Waals surface area contributed by atoms with Crippen molar-refractivity contribution >= 4 is 17.3 Å². The molecule has 0 saturated heterocycles. The number of methoxy groups -OCH3 is 1. The zero-order valence-electron chi connectivity index (χ0n) is 10.7. The Hall–Kier alpha value is -1.55. The minimum Gasteiger partial charge on any atom is -0.375 e. The van der Waals surface area contributed by atoms with Crippen molar-refractivity contribution in [3.63, 3.8) is 0 Å². The summed E-state index contributed by atoms with van der Waals surface area (Å²) in [5.74, 6) is -0.135. The van der Waals surface area contributed by atoms with Crippen LogP contribution < -0.4 is 10.2 Å². The van der Waals surface area contributed by atoms with Crippen LogP contribution in [0.4, 0.5) is 11.4 Å². The molecule has 0 aliphatic rings. The molecule has 0 spiro atoms. The van der Waals surface area contributed by atoms with E-state index in [2.05, 4.69) is 24.1 Å². The molecule has 1 N–H and O–H groups in total. The summed E-state index contributed by atoms with van der Waals surface area (Å²) in [6, 6.07) is 7.83. The van der Waals surface area contributed by atoms with Gasteiger partial charge in [-0.15, -0.1) is 0 Å². The zero-order valence-corrected chi connectivity index (χ0v) is 10.7. The van der Waals surface area contributed by atoms with Crippen LogP contribution in [0.15, 0.2) is 24.3 Å². The summed E-state index contributed by atoms with van der Waals surface area (Å²) in [6.45, 7) is 6.20. The fourth-order valence-electron chi connectivity index (χ4n) is 1.70. The van der Waals surface area contributed by atoms with Gasteiger partial charge < -0.3 is 15.0 Å². The van der Waals surface area contributed by atoms with Crippen molar-refractivity contribution in [2.24, 2.45) is 0 Å². The molecule has 17 heavy (non-hydrogen) atoms. The summed E-state index contributed by atoms with van der Waals surface area (Å²) in [6.07, 6.45) is 0. The standard InChI is InChI=1S/C13H20N2O2/c1-4-15(5-2)12-8-6-7-11(9-12)14-13(16)10-17-3/h6-9H,4-5,10H2,1-3H3,(H,14,16). The number of anilines is 2. The van der Waals surface area contributed by atoms with Crippen molar-refractivity contribution in [2.75, 3.05) is 37.0 Å². The van der Waals surface area contributed by atoms with Crippen molar-refractivity contribution in [3.05, 3.63) is 24.3 Å². The Labute approximate surface area is 103 Å². The number of hydrogen-bond acceptors (Lipinski definition) is 3. The second-order valence-electron chi connectivity index (χ2n) is 3.70. The van der Waals surface area contributed by atoms with E-state index >= 15 is 0 Å². The Morgan fingerprint density at radius 2 is 2.06 bits per heavy atom. The van der Waals surface area contributed by atoms with E-state index in [9.17, 15) is 4.79 Å². The fourth-order valence-corrected chi connectivity index (χ4v) is 1.70. The van der Waals surface area contributed by atoms with E-state index in [4.69, 9.17) is 4.74 Å². The Morgan fingerprint density at radius 1 is 1.35 bits per heavy atom.